The average molecular weight is 269 g/mol. The van der Waals surface area contributed by atoms with Crippen molar-refractivity contribution in [2.45, 2.75) is 12.8 Å². The van der Waals surface area contributed by atoms with Crippen LogP contribution in [0.1, 0.15) is 22.3 Å². The Hall–Kier alpha value is -1.40. The first-order valence-corrected chi connectivity index (χ1v) is 7.40. The zero-order valence-electron chi connectivity index (χ0n) is 9.87. The van der Waals surface area contributed by atoms with Crippen molar-refractivity contribution in [1.29, 1.82) is 0 Å². The van der Waals surface area contributed by atoms with Gasteiger partial charge in [-0.2, -0.15) is 0 Å². The van der Waals surface area contributed by atoms with Gasteiger partial charge in [0.05, 0.1) is 11.3 Å². The van der Waals surface area contributed by atoms with E-state index in [-0.39, 0.29) is 11.3 Å². The van der Waals surface area contributed by atoms with Gasteiger partial charge in [0.25, 0.3) is 0 Å². The third kappa shape index (κ3) is 2.88. The summed E-state index contributed by atoms with van der Waals surface area (Å²) < 4.78 is 24.7. The molecule has 0 unspecified atom stereocenters. The van der Waals surface area contributed by atoms with Gasteiger partial charge in [-0.25, -0.2) is 17.5 Å². The number of rotatable bonds is 4. The number of hydrogen-bond donors (Lipinski definition) is 1. The van der Waals surface area contributed by atoms with Gasteiger partial charge in [-0.15, -0.1) is 0 Å². The van der Waals surface area contributed by atoms with Crippen LogP contribution in [0.3, 0.4) is 0 Å². The fourth-order valence-electron chi connectivity index (χ4n) is 2.06. The van der Waals surface area contributed by atoms with Crippen molar-refractivity contribution in [2.75, 3.05) is 18.8 Å². The van der Waals surface area contributed by atoms with Crippen molar-refractivity contribution in [3.05, 3.63) is 35.4 Å². The van der Waals surface area contributed by atoms with Crippen LogP contribution in [-0.4, -0.2) is 42.6 Å². The van der Waals surface area contributed by atoms with Crippen LogP contribution in [0.5, 0.6) is 0 Å². The highest BCUT2D eigenvalue weighted by Crippen LogP contribution is 2.14. The van der Waals surface area contributed by atoms with Gasteiger partial charge < -0.3 is 5.11 Å². The van der Waals surface area contributed by atoms with E-state index in [0.29, 0.717) is 25.9 Å². The highest BCUT2D eigenvalue weighted by molar-refractivity contribution is 7.89. The molecule has 0 aliphatic carbocycles. The van der Waals surface area contributed by atoms with Gasteiger partial charge in [0, 0.05) is 13.1 Å². The lowest BCUT2D eigenvalue weighted by Crippen LogP contribution is -2.27. The monoisotopic (exact) mass is 269 g/mol. The maximum absolute atomic E-state index is 11.6. The first-order valence-electron chi connectivity index (χ1n) is 5.79. The number of carbonyl (C=O) groups is 1. The lowest BCUT2D eigenvalue weighted by Gasteiger charge is -2.13. The Bertz CT molecular complexity index is 553. The number of hydrogen-bond acceptors (Lipinski definition) is 3. The van der Waals surface area contributed by atoms with E-state index < -0.39 is 16.0 Å². The van der Waals surface area contributed by atoms with E-state index in [1.807, 2.05) is 6.07 Å². The molecule has 1 aliphatic heterocycles. The van der Waals surface area contributed by atoms with Crippen LogP contribution in [0.2, 0.25) is 0 Å². The fraction of sp³-hybridized carbons (Fsp3) is 0.417. The summed E-state index contributed by atoms with van der Waals surface area (Å²) >= 11 is 0. The van der Waals surface area contributed by atoms with Crippen LogP contribution in [0.15, 0.2) is 24.3 Å². The van der Waals surface area contributed by atoms with E-state index >= 15 is 0 Å². The minimum Gasteiger partial charge on any atom is -0.478 e. The van der Waals surface area contributed by atoms with Crippen LogP contribution >= 0.6 is 0 Å². The molecule has 1 fully saturated rings. The van der Waals surface area contributed by atoms with E-state index in [4.69, 9.17) is 5.11 Å². The molecule has 98 valence electrons. The number of aromatic carboxylic acids is 1. The lowest BCUT2D eigenvalue weighted by atomic mass is 10.1. The molecule has 0 aromatic heterocycles. The molecular formula is C12H15NO4S. The standard InChI is InChI=1S/C12H15NO4S/c14-12(15)11-4-1-3-10(9-11)5-7-13-6-2-8-18(13,16)17/h1,3-4,9H,2,5-8H2,(H,14,15). The van der Waals surface area contributed by atoms with Crippen molar-refractivity contribution < 1.29 is 18.3 Å². The van der Waals surface area contributed by atoms with E-state index in [0.717, 1.165) is 5.56 Å². The average Bonchev–Trinajstić information content (AvgIpc) is 2.66. The van der Waals surface area contributed by atoms with Crippen molar-refractivity contribution in [3.63, 3.8) is 0 Å². The van der Waals surface area contributed by atoms with Gasteiger partial charge in [0.1, 0.15) is 0 Å². The topological polar surface area (TPSA) is 74.7 Å². The maximum Gasteiger partial charge on any atom is 0.335 e. The van der Waals surface area contributed by atoms with Crippen LogP contribution < -0.4 is 0 Å². The van der Waals surface area contributed by atoms with Crippen LogP contribution in [-0.2, 0) is 16.4 Å². The first kappa shape index (κ1) is 13.0. The van der Waals surface area contributed by atoms with E-state index in [1.165, 1.54) is 10.4 Å². The molecule has 1 saturated heterocycles. The lowest BCUT2D eigenvalue weighted by molar-refractivity contribution is 0.0696. The third-order valence-corrected chi connectivity index (χ3v) is 4.98. The largest absolute Gasteiger partial charge is 0.478 e. The second kappa shape index (κ2) is 5.07. The van der Waals surface area contributed by atoms with E-state index in [1.54, 1.807) is 12.1 Å². The molecule has 0 atom stereocenters. The zero-order valence-corrected chi connectivity index (χ0v) is 10.7. The minimum absolute atomic E-state index is 0.224. The molecule has 18 heavy (non-hydrogen) atoms. The minimum atomic E-state index is -3.07. The molecule has 0 saturated carbocycles. The Morgan fingerprint density at radius 3 is 2.78 bits per heavy atom. The van der Waals surface area contributed by atoms with E-state index in [9.17, 15) is 13.2 Å². The Labute approximate surface area is 106 Å². The van der Waals surface area contributed by atoms with Gasteiger partial charge in [-0.1, -0.05) is 12.1 Å². The van der Waals surface area contributed by atoms with Crippen LogP contribution in [0, 0.1) is 0 Å². The number of sulfonamides is 1. The van der Waals surface area contributed by atoms with E-state index in [2.05, 4.69) is 0 Å². The second-order valence-corrected chi connectivity index (χ2v) is 6.41. The number of carboxylic acid groups (broad SMARTS) is 1. The van der Waals surface area contributed by atoms with Crippen molar-refractivity contribution in [1.82, 2.24) is 4.31 Å². The summed E-state index contributed by atoms with van der Waals surface area (Å²) in [4.78, 5) is 10.8. The summed E-state index contributed by atoms with van der Waals surface area (Å²) in [7, 11) is -3.07. The SMILES string of the molecule is O=C(O)c1cccc(CCN2CCCS2(=O)=O)c1. The summed E-state index contributed by atoms with van der Waals surface area (Å²) in [6, 6.07) is 6.61. The summed E-state index contributed by atoms with van der Waals surface area (Å²) in [5.74, 6) is -0.743. The summed E-state index contributed by atoms with van der Waals surface area (Å²) in [6.07, 6.45) is 1.22. The molecule has 1 N–H and O–H groups in total. The highest BCUT2D eigenvalue weighted by atomic mass is 32.2. The molecule has 1 aliphatic rings. The molecule has 0 radical (unpaired) electrons. The van der Waals surface area contributed by atoms with Crippen LogP contribution in [0.25, 0.3) is 0 Å². The van der Waals surface area contributed by atoms with Crippen molar-refractivity contribution in [2.24, 2.45) is 0 Å². The predicted molar refractivity (Wildman–Crippen MR) is 67.1 cm³/mol. The normalized spacial score (nSPS) is 18.9. The fourth-order valence-corrected chi connectivity index (χ4v) is 3.58. The molecule has 0 amide bonds. The molecule has 0 spiro atoms. The summed E-state index contributed by atoms with van der Waals surface area (Å²) in [5.41, 5.74) is 1.08. The van der Waals surface area contributed by atoms with Crippen molar-refractivity contribution >= 4 is 16.0 Å². The molecule has 5 nitrogen and oxygen atoms in total. The number of carboxylic acids is 1. The molecule has 6 heteroatoms. The summed E-state index contributed by atoms with van der Waals surface area (Å²) in [6.45, 7) is 0.992. The molecule has 1 heterocycles. The zero-order chi connectivity index (χ0) is 13.2. The Morgan fingerprint density at radius 1 is 1.39 bits per heavy atom. The smallest absolute Gasteiger partial charge is 0.335 e. The highest BCUT2D eigenvalue weighted by Gasteiger charge is 2.27. The Kier molecular flexibility index (Phi) is 3.68. The van der Waals surface area contributed by atoms with Crippen molar-refractivity contribution in [3.8, 4) is 0 Å². The maximum atomic E-state index is 11.6. The number of nitrogens with zero attached hydrogens (tertiary/aromatic N) is 1. The molecule has 1 aromatic rings. The Morgan fingerprint density at radius 2 is 2.17 bits per heavy atom. The predicted octanol–water partition coefficient (Wildman–Crippen LogP) is 0.963. The second-order valence-electron chi connectivity index (χ2n) is 4.32. The third-order valence-electron chi connectivity index (χ3n) is 3.03. The Balaban J connectivity index is 2.02. The van der Waals surface area contributed by atoms with Gasteiger partial charge in [0.15, 0.2) is 0 Å². The quantitative estimate of drug-likeness (QED) is 0.883. The molecule has 0 bridgehead atoms. The van der Waals surface area contributed by atoms with Crippen LogP contribution in [0.4, 0.5) is 0 Å². The molecule has 1 aromatic carbocycles. The van der Waals surface area contributed by atoms with Gasteiger partial charge in [-0.3, -0.25) is 0 Å². The van der Waals surface area contributed by atoms with Gasteiger partial charge in [0.2, 0.25) is 10.0 Å². The van der Waals surface area contributed by atoms with Gasteiger partial charge in [-0.05, 0) is 30.5 Å². The number of benzene rings is 1. The van der Waals surface area contributed by atoms with Gasteiger partial charge >= 0.3 is 5.97 Å². The molecular weight excluding hydrogens is 254 g/mol. The summed E-state index contributed by atoms with van der Waals surface area (Å²) in [5, 5.41) is 8.87. The first-order chi connectivity index (χ1) is 8.49. The molecule has 2 rings (SSSR count).